The highest BCUT2D eigenvalue weighted by atomic mass is 32.1. The van der Waals surface area contributed by atoms with E-state index in [9.17, 15) is 8.78 Å². The number of rotatable bonds is 3. The highest BCUT2D eigenvalue weighted by molar-refractivity contribution is 7.11. The van der Waals surface area contributed by atoms with Crippen molar-refractivity contribution in [1.29, 1.82) is 0 Å². The predicted molar refractivity (Wildman–Crippen MR) is 68.6 cm³/mol. The van der Waals surface area contributed by atoms with Crippen LogP contribution in [-0.4, -0.2) is 4.98 Å². The van der Waals surface area contributed by atoms with Crippen molar-refractivity contribution < 1.29 is 8.78 Å². The molecule has 2 aromatic rings. The lowest BCUT2D eigenvalue weighted by Crippen LogP contribution is -2.13. The van der Waals surface area contributed by atoms with Crippen molar-refractivity contribution in [2.24, 2.45) is 5.73 Å². The maximum absolute atomic E-state index is 13.6. The summed E-state index contributed by atoms with van der Waals surface area (Å²) in [6, 6.07) is 2.78. The van der Waals surface area contributed by atoms with Crippen LogP contribution in [0.2, 0.25) is 0 Å². The molecule has 0 radical (unpaired) electrons. The number of aromatic nitrogens is 1. The van der Waals surface area contributed by atoms with Crippen LogP contribution < -0.4 is 5.73 Å². The van der Waals surface area contributed by atoms with E-state index in [1.807, 2.05) is 13.8 Å². The van der Waals surface area contributed by atoms with Crippen LogP contribution in [0, 0.1) is 18.6 Å². The molecule has 18 heavy (non-hydrogen) atoms. The van der Waals surface area contributed by atoms with Crippen LogP contribution in [0.15, 0.2) is 18.2 Å². The fourth-order valence-corrected chi connectivity index (χ4v) is 2.83. The van der Waals surface area contributed by atoms with Gasteiger partial charge in [0.15, 0.2) is 0 Å². The second kappa shape index (κ2) is 5.12. The number of thiazole rings is 1. The molecule has 1 unspecified atom stereocenters. The molecule has 2 nitrogen and oxygen atoms in total. The van der Waals surface area contributed by atoms with E-state index in [0.717, 1.165) is 23.1 Å². The third-order valence-corrected chi connectivity index (χ3v) is 3.90. The van der Waals surface area contributed by atoms with E-state index in [0.29, 0.717) is 5.01 Å². The van der Waals surface area contributed by atoms with Crippen LogP contribution >= 0.6 is 11.3 Å². The van der Waals surface area contributed by atoms with Gasteiger partial charge < -0.3 is 5.73 Å². The molecular formula is C13H14F2N2S. The van der Waals surface area contributed by atoms with Crippen LogP contribution in [0.4, 0.5) is 8.78 Å². The molecule has 0 saturated heterocycles. The number of aryl methyl sites for hydroxylation is 2. The summed E-state index contributed by atoms with van der Waals surface area (Å²) in [6.07, 6.45) is 0.820. The topological polar surface area (TPSA) is 38.9 Å². The molecular weight excluding hydrogens is 254 g/mol. The van der Waals surface area contributed by atoms with Crippen LogP contribution in [0.25, 0.3) is 0 Å². The van der Waals surface area contributed by atoms with Gasteiger partial charge in [0.1, 0.15) is 16.6 Å². The lowest BCUT2D eigenvalue weighted by molar-refractivity contribution is 0.565. The van der Waals surface area contributed by atoms with Gasteiger partial charge in [0.05, 0.1) is 11.7 Å². The summed E-state index contributed by atoms with van der Waals surface area (Å²) in [7, 11) is 0. The van der Waals surface area contributed by atoms with Gasteiger partial charge in [-0.25, -0.2) is 13.8 Å². The molecule has 2 rings (SSSR count). The Morgan fingerprint density at radius 3 is 2.67 bits per heavy atom. The van der Waals surface area contributed by atoms with E-state index in [1.54, 1.807) is 0 Å². The maximum atomic E-state index is 13.6. The third kappa shape index (κ3) is 2.42. The van der Waals surface area contributed by atoms with Gasteiger partial charge in [-0.15, -0.1) is 11.3 Å². The van der Waals surface area contributed by atoms with Gasteiger partial charge in [-0.05, 0) is 19.4 Å². The third-order valence-electron chi connectivity index (χ3n) is 2.81. The largest absolute Gasteiger partial charge is 0.318 e. The van der Waals surface area contributed by atoms with Crippen molar-refractivity contribution in [3.63, 3.8) is 0 Å². The smallest absolute Gasteiger partial charge is 0.131 e. The minimum atomic E-state index is -0.644. The molecule has 0 fully saturated rings. The monoisotopic (exact) mass is 268 g/mol. The molecule has 0 aliphatic heterocycles. The standard InChI is InChI=1S/C13H14F2N2S/c1-3-11-7(2)18-13(17-11)12(16)9-5-4-8(14)6-10(9)15/h4-6,12H,3,16H2,1-2H3. The van der Waals surface area contributed by atoms with Crippen molar-refractivity contribution in [2.75, 3.05) is 0 Å². The van der Waals surface area contributed by atoms with E-state index >= 15 is 0 Å². The van der Waals surface area contributed by atoms with E-state index in [-0.39, 0.29) is 5.56 Å². The van der Waals surface area contributed by atoms with Crippen LogP contribution in [0.3, 0.4) is 0 Å². The first-order chi connectivity index (χ1) is 8.52. The van der Waals surface area contributed by atoms with E-state index < -0.39 is 17.7 Å². The number of nitrogens with zero attached hydrogens (tertiary/aromatic N) is 1. The lowest BCUT2D eigenvalue weighted by atomic mass is 10.1. The lowest BCUT2D eigenvalue weighted by Gasteiger charge is -2.09. The van der Waals surface area contributed by atoms with Gasteiger partial charge >= 0.3 is 0 Å². The van der Waals surface area contributed by atoms with Crippen LogP contribution in [0.5, 0.6) is 0 Å². The molecule has 96 valence electrons. The summed E-state index contributed by atoms with van der Waals surface area (Å²) in [5.74, 6) is -1.23. The average Bonchev–Trinajstić information content (AvgIpc) is 2.70. The Hall–Kier alpha value is -1.33. The second-order valence-corrected chi connectivity index (χ2v) is 5.29. The van der Waals surface area contributed by atoms with E-state index in [1.165, 1.54) is 23.5 Å². The number of hydrogen-bond donors (Lipinski definition) is 1. The van der Waals surface area contributed by atoms with Crippen molar-refractivity contribution in [1.82, 2.24) is 4.98 Å². The first kappa shape index (κ1) is 13.1. The number of benzene rings is 1. The zero-order chi connectivity index (χ0) is 13.3. The Balaban J connectivity index is 2.37. The highest BCUT2D eigenvalue weighted by Crippen LogP contribution is 2.28. The predicted octanol–water partition coefficient (Wildman–Crippen LogP) is 3.34. The number of halogens is 2. The maximum Gasteiger partial charge on any atom is 0.131 e. The molecule has 0 aliphatic rings. The number of hydrogen-bond acceptors (Lipinski definition) is 3. The van der Waals surface area contributed by atoms with Crippen molar-refractivity contribution in [2.45, 2.75) is 26.3 Å². The first-order valence-corrected chi connectivity index (χ1v) is 6.51. The summed E-state index contributed by atoms with van der Waals surface area (Å²) >= 11 is 1.46. The van der Waals surface area contributed by atoms with Gasteiger partial charge in [0.25, 0.3) is 0 Å². The van der Waals surface area contributed by atoms with Crippen LogP contribution in [0.1, 0.15) is 34.1 Å². The molecule has 0 amide bonds. The quantitative estimate of drug-likeness (QED) is 0.927. The Bertz CT molecular complexity index is 566. The molecule has 1 atom stereocenters. The van der Waals surface area contributed by atoms with Gasteiger partial charge in [0.2, 0.25) is 0 Å². The SMILES string of the molecule is CCc1nc(C(N)c2ccc(F)cc2F)sc1C. The Morgan fingerprint density at radius 1 is 1.39 bits per heavy atom. The van der Waals surface area contributed by atoms with E-state index in [4.69, 9.17) is 5.73 Å². The minimum absolute atomic E-state index is 0.271. The van der Waals surface area contributed by atoms with Gasteiger partial charge in [0, 0.05) is 16.5 Å². The zero-order valence-corrected chi connectivity index (χ0v) is 11.0. The minimum Gasteiger partial charge on any atom is -0.318 e. The van der Waals surface area contributed by atoms with Gasteiger partial charge in [-0.1, -0.05) is 13.0 Å². The average molecular weight is 268 g/mol. The summed E-state index contributed by atoms with van der Waals surface area (Å²) in [5, 5.41) is 0.662. The molecule has 2 N–H and O–H groups in total. The van der Waals surface area contributed by atoms with Crippen molar-refractivity contribution in [3.05, 3.63) is 51.0 Å². The fraction of sp³-hybridized carbons (Fsp3) is 0.308. The van der Waals surface area contributed by atoms with E-state index in [2.05, 4.69) is 4.98 Å². The molecule has 0 saturated carbocycles. The van der Waals surface area contributed by atoms with Gasteiger partial charge in [-0.2, -0.15) is 0 Å². The molecule has 1 heterocycles. The summed E-state index contributed by atoms with van der Waals surface area (Å²) in [4.78, 5) is 5.49. The molecule has 0 spiro atoms. The molecule has 1 aromatic carbocycles. The Morgan fingerprint density at radius 2 is 2.11 bits per heavy atom. The summed E-state index contributed by atoms with van der Waals surface area (Å²) < 4.78 is 26.5. The van der Waals surface area contributed by atoms with Crippen molar-refractivity contribution in [3.8, 4) is 0 Å². The fourth-order valence-electron chi connectivity index (χ4n) is 1.80. The number of nitrogens with two attached hydrogens (primary N) is 1. The highest BCUT2D eigenvalue weighted by Gasteiger charge is 2.18. The zero-order valence-electron chi connectivity index (χ0n) is 10.2. The van der Waals surface area contributed by atoms with Crippen molar-refractivity contribution >= 4 is 11.3 Å². The molecule has 1 aromatic heterocycles. The molecule has 0 aliphatic carbocycles. The van der Waals surface area contributed by atoms with Gasteiger partial charge in [-0.3, -0.25) is 0 Å². The normalized spacial score (nSPS) is 12.7. The molecule has 0 bridgehead atoms. The first-order valence-electron chi connectivity index (χ1n) is 5.69. The molecule has 5 heteroatoms. The second-order valence-electron chi connectivity index (χ2n) is 4.05. The summed E-state index contributed by atoms with van der Waals surface area (Å²) in [6.45, 7) is 3.98. The summed E-state index contributed by atoms with van der Waals surface area (Å²) in [5.41, 5.74) is 7.24. The Kier molecular flexibility index (Phi) is 3.73. The van der Waals surface area contributed by atoms with Crippen LogP contribution in [-0.2, 0) is 6.42 Å². The Labute approximate surface area is 108 Å².